The number of aliphatic hydroxyl groups is 1. The van der Waals surface area contributed by atoms with E-state index in [9.17, 15) is 0 Å². The minimum absolute atomic E-state index is 0.277. The fourth-order valence-electron chi connectivity index (χ4n) is 1.64. The molecule has 1 unspecified atom stereocenters. The Morgan fingerprint density at radius 2 is 2.43 bits per heavy atom. The third kappa shape index (κ3) is 4.37. The maximum atomic E-state index is 9.07. The van der Waals surface area contributed by atoms with E-state index in [2.05, 4.69) is 17.1 Å². The van der Waals surface area contributed by atoms with E-state index in [-0.39, 0.29) is 12.2 Å². The van der Waals surface area contributed by atoms with Crippen molar-refractivity contribution in [3.8, 4) is 0 Å². The maximum Gasteiger partial charge on any atom is 0.0826 e. The van der Waals surface area contributed by atoms with Crippen molar-refractivity contribution in [2.45, 2.75) is 26.1 Å². The molecule has 1 aliphatic heterocycles. The number of nitrogens with one attached hydrogen (secondary N) is 1. The molecule has 1 fully saturated rings. The summed E-state index contributed by atoms with van der Waals surface area (Å²) in [6.07, 6.45) is 0.00307. The van der Waals surface area contributed by atoms with Crippen LogP contribution in [0, 0.1) is 0 Å². The molecule has 0 bridgehead atoms. The van der Waals surface area contributed by atoms with Crippen LogP contribution < -0.4 is 5.32 Å². The van der Waals surface area contributed by atoms with Gasteiger partial charge in [0, 0.05) is 26.2 Å². The van der Waals surface area contributed by atoms with Crippen molar-refractivity contribution in [3.63, 3.8) is 0 Å². The van der Waals surface area contributed by atoms with Crippen LogP contribution in [0.2, 0.25) is 0 Å². The first-order valence-electron chi connectivity index (χ1n) is 5.45. The minimum Gasteiger partial charge on any atom is -0.392 e. The van der Waals surface area contributed by atoms with Gasteiger partial charge in [-0.15, -0.1) is 0 Å². The van der Waals surface area contributed by atoms with Crippen molar-refractivity contribution in [3.05, 3.63) is 0 Å². The zero-order valence-electron chi connectivity index (χ0n) is 9.20. The molecule has 0 aromatic heterocycles. The second-order valence-corrected chi connectivity index (χ2v) is 3.89. The first kappa shape index (κ1) is 11.9. The standard InChI is InChI=1S/C10H22N2O2/c1-3-12-4-5-14-10(8-12)7-11-6-9(2)13/h9-11,13H,3-8H2,1-2H3/t9-,10?/m1/s1. The number of hydrogen-bond acceptors (Lipinski definition) is 4. The van der Waals surface area contributed by atoms with E-state index in [0.717, 1.165) is 32.8 Å². The van der Waals surface area contributed by atoms with Crippen LogP contribution in [0.5, 0.6) is 0 Å². The SMILES string of the molecule is CCN1CCOC(CNC[C@@H](C)O)C1. The van der Waals surface area contributed by atoms with Crippen molar-refractivity contribution >= 4 is 0 Å². The quantitative estimate of drug-likeness (QED) is 0.641. The van der Waals surface area contributed by atoms with Crippen LogP contribution in [-0.2, 0) is 4.74 Å². The summed E-state index contributed by atoms with van der Waals surface area (Å²) >= 11 is 0. The largest absolute Gasteiger partial charge is 0.392 e. The van der Waals surface area contributed by atoms with Crippen molar-refractivity contribution in [1.29, 1.82) is 0 Å². The van der Waals surface area contributed by atoms with Crippen molar-refractivity contribution in [2.75, 3.05) is 39.3 Å². The molecule has 0 aromatic rings. The van der Waals surface area contributed by atoms with E-state index < -0.39 is 0 Å². The molecule has 0 spiro atoms. The molecule has 1 rings (SSSR count). The molecular formula is C10H22N2O2. The average Bonchev–Trinajstić information content (AvgIpc) is 2.18. The van der Waals surface area contributed by atoms with Crippen LogP contribution in [-0.4, -0.2) is 61.5 Å². The first-order chi connectivity index (χ1) is 6.72. The zero-order valence-corrected chi connectivity index (χ0v) is 9.20. The molecule has 2 N–H and O–H groups in total. The summed E-state index contributed by atoms with van der Waals surface area (Å²) in [6, 6.07) is 0. The number of hydrogen-bond donors (Lipinski definition) is 2. The molecule has 2 atom stereocenters. The van der Waals surface area contributed by atoms with E-state index in [1.807, 2.05) is 0 Å². The molecule has 14 heavy (non-hydrogen) atoms. The van der Waals surface area contributed by atoms with Gasteiger partial charge in [0.05, 0.1) is 18.8 Å². The van der Waals surface area contributed by atoms with E-state index in [1.54, 1.807) is 6.92 Å². The van der Waals surface area contributed by atoms with Gasteiger partial charge in [0.15, 0.2) is 0 Å². The number of aliphatic hydroxyl groups excluding tert-OH is 1. The van der Waals surface area contributed by atoms with Gasteiger partial charge in [-0.05, 0) is 13.5 Å². The van der Waals surface area contributed by atoms with Crippen LogP contribution >= 0.6 is 0 Å². The number of likely N-dealkylation sites (N-methyl/N-ethyl adjacent to an activating group) is 1. The van der Waals surface area contributed by atoms with Crippen LogP contribution in [0.25, 0.3) is 0 Å². The van der Waals surface area contributed by atoms with Gasteiger partial charge in [-0.25, -0.2) is 0 Å². The monoisotopic (exact) mass is 202 g/mol. The summed E-state index contributed by atoms with van der Waals surface area (Å²) in [5.74, 6) is 0. The molecule has 0 aliphatic carbocycles. The molecule has 1 saturated heterocycles. The van der Waals surface area contributed by atoms with Gasteiger partial charge >= 0.3 is 0 Å². The van der Waals surface area contributed by atoms with Crippen LogP contribution in [0.15, 0.2) is 0 Å². The lowest BCUT2D eigenvalue weighted by Crippen LogP contribution is -2.47. The topological polar surface area (TPSA) is 44.7 Å². The summed E-state index contributed by atoms with van der Waals surface area (Å²) in [6.45, 7) is 9.41. The number of ether oxygens (including phenoxy) is 1. The molecule has 1 heterocycles. The number of nitrogens with zero attached hydrogens (tertiary/aromatic N) is 1. The van der Waals surface area contributed by atoms with Crippen LogP contribution in [0.4, 0.5) is 0 Å². The average molecular weight is 202 g/mol. The normalized spacial score (nSPS) is 26.4. The van der Waals surface area contributed by atoms with Crippen LogP contribution in [0.3, 0.4) is 0 Å². The van der Waals surface area contributed by atoms with Gasteiger partial charge in [-0.2, -0.15) is 0 Å². The van der Waals surface area contributed by atoms with Gasteiger partial charge in [0.1, 0.15) is 0 Å². The summed E-state index contributed by atoms with van der Waals surface area (Å²) in [4.78, 5) is 2.39. The highest BCUT2D eigenvalue weighted by atomic mass is 16.5. The molecule has 4 nitrogen and oxygen atoms in total. The van der Waals surface area contributed by atoms with Crippen molar-refractivity contribution in [2.24, 2.45) is 0 Å². The zero-order chi connectivity index (χ0) is 10.4. The Bertz CT molecular complexity index is 153. The second kappa shape index (κ2) is 6.35. The van der Waals surface area contributed by atoms with Gasteiger partial charge < -0.3 is 15.2 Å². The summed E-state index contributed by atoms with van der Waals surface area (Å²) < 4.78 is 5.61. The molecule has 1 aliphatic rings. The Kier molecular flexibility index (Phi) is 5.40. The molecule has 0 aromatic carbocycles. The van der Waals surface area contributed by atoms with Crippen molar-refractivity contribution < 1.29 is 9.84 Å². The Morgan fingerprint density at radius 3 is 3.07 bits per heavy atom. The molecule has 0 saturated carbocycles. The van der Waals surface area contributed by atoms with Gasteiger partial charge in [-0.1, -0.05) is 6.92 Å². The Morgan fingerprint density at radius 1 is 1.64 bits per heavy atom. The lowest BCUT2D eigenvalue weighted by molar-refractivity contribution is -0.0260. The molecule has 84 valence electrons. The molecular weight excluding hydrogens is 180 g/mol. The van der Waals surface area contributed by atoms with Crippen molar-refractivity contribution in [1.82, 2.24) is 10.2 Å². The third-order valence-corrected chi connectivity index (χ3v) is 2.48. The Labute approximate surface area is 86.2 Å². The predicted molar refractivity (Wildman–Crippen MR) is 56.4 cm³/mol. The van der Waals surface area contributed by atoms with E-state index in [4.69, 9.17) is 9.84 Å². The maximum absolute atomic E-state index is 9.07. The number of morpholine rings is 1. The molecule has 0 amide bonds. The predicted octanol–water partition coefficient (Wildman–Crippen LogP) is -0.322. The van der Waals surface area contributed by atoms with Crippen LogP contribution in [0.1, 0.15) is 13.8 Å². The lowest BCUT2D eigenvalue weighted by Gasteiger charge is -2.32. The van der Waals surface area contributed by atoms with Gasteiger partial charge in [-0.3, -0.25) is 4.90 Å². The first-order valence-corrected chi connectivity index (χ1v) is 5.45. The van der Waals surface area contributed by atoms with Gasteiger partial charge in [0.2, 0.25) is 0 Å². The summed E-state index contributed by atoms with van der Waals surface area (Å²) in [5, 5.41) is 12.3. The third-order valence-electron chi connectivity index (χ3n) is 2.48. The summed E-state index contributed by atoms with van der Waals surface area (Å²) in [7, 11) is 0. The van der Waals surface area contributed by atoms with E-state index in [0.29, 0.717) is 6.54 Å². The minimum atomic E-state index is -0.277. The Balaban J connectivity index is 2.11. The van der Waals surface area contributed by atoms with E-state index >= 15 is 0 Å². The highest BCUT2D eigenvalue weighted by Gasteiger charge is 2.18. The highest BCUT2D eigenvalue weighted by molar-refractivity contribution is 4.72. The fourth-order valence-corrected chi connectivity index (χ4v) is 1.64. The lowest BCUT2D eigenvalue weighted by atomic mass is 10.2. The number of rotatable bonds is 5. The summed E-state index contributed by atoms with van der Waals surface area (Å²) in [5.41, 5.74) is 0. The molecule has 0 radical (unpaired) electrons. The smallest absolute Gasteiger partial charge is 0.0826 e. The van der Waals surface area contributed by atoms with Gasteiger partial charge in [0.25, 0.3) is 0 Å². The molecule has 4 heteroatoms. The fraction of sp³-hybridized carbons (Fsp3) is 1.00. The Hall–Kier alpha value is -0.160. The second-order valence-electron chi connectivity index (χ2n) is 3.89. The van der Waals surface area contributed by atoms with E-state index in [1.165, 1.54) is 0 Å². The highest BCUT2D eigenvalue weighted by Crippen LogP contribution is 2.03.